The van der Waals surface area contributed by atoms with Gasteiger partial charge in [-0.2, -0.15) is 0 Å². The van der Waals surface area contributed by atoms with Crippen molar-refractivity contribution >= 4 is 33.7 Å². The number of aryl methyl sites for hydroxylation is 2. The topological polar surface area (TPSA) is 54.2 Å². The van der Waals surface area contributed by atoms with Gasteiger partial charge in [0.1, 0.15) is 5.52 Å². The van der Waals surface area contributed by atoms with Crippen LogP contribution in [0.15, 0.2) is 48.9 Å². The van der Waals surface area contributed by atoms with Crippen molar-refractivity contribution in [2.75, 3.05) is 17.7 Å². The minimum Gasteiger partial charge on any atom is -0.388 e. The predicted octanol–water partition coefficient (Wildman–Crippen LogP) is 4.28. The summed E-state index contributed by atoms with van der Waals surface area (Å²) < 4.78 is 2.07. The van der Waals surface area contributed by atoms with Crippen molar-refractivity contribution in [2.24, 2.45) is 0 Å². The number of hydrogen-bond acceptors (Lipinski definition) is 4. The second-order valence-electron chi connectivity index (χ2n) is 5.95. The molecule has 0 bridgehead atoms. The summed E-state index contributed by atoms with van der Waals surface area (Å²) >= 11 is 0. The van der Waals surface area contributed by atoms with Crippen LogP contribution in [0.1, 0.15) is 11.1 Å². The molecular weight excluding hydrogens is 298 g/mol. The number of rotatable bonds is 3. The highest BCUT2D eigenvalue weighted by atomic mass is 15.1. The van der Waals surface area contributed by atoms with E-state index in [2.05, 4.69) is 58.1 Å². The highest BCUT2D eigenvalue weighted by molar-refractivity contribution is 5.88. The molecule has 24 heavy (non-hydrogen) atoms. The van der Waals surface area contributed by atoms with Crippen molar-refractivity contribution in [1.82, 2.24) is 14.4 Å². The van der Waals surface area contributed by atoms with Crippen molar-refractivity contribution in [3.8, 4) is 0 Å². The molecule has 2 heterocycles. The maximum Gasteiger partial charge on any atom is 0.157 e. The number of imidazole rings is 1. The Kier molecular flexibility index (Phi) is 3.34. The first kappa shape index (κ1) is 14.5. The molecule has 0 amide bonds. The lowest BCUT2D eigenvalue weighted by Crippen LogP contribution is -2.02. The zero-order valence-corrected chi connectivity index (χ0v) is 14.0. The maximum absolute atomic E-state index is 4.85. The lowest BCUT2D eigenvalue weighted by Gasteiger charge is -2.14. The Morgan fingerprint density at radius 1 is 1.00 bits per heavy atom. The van der Waals surface area contributed by atoms with Gasteiger partial charge in [-0.1, -0.05) is 18.2 Å². The Labute approximate surface area is 140 Å². The van der Waals surface area contributed by atoms with E-state index in [1.54, 1.807) is 0 Å². The molecule has 0 saturated carbocycles. The van der Waals surface area contributed by atoms with Gasteiger partial charge in [-0.25, -0.2) is 9.97 Å². The number of anilines is 3. The number of benzene rings is 2. The van der Waals surface area contributed by atoms with Crippen molar-refractivity contribution in [2.45, 2.75) is 13.8 Å². The molecule has 5 nitrogen and oxygen atoms in total. The third-order valence-electron chi connectivity index (χ3n) is 4.36. The largest absolute Gasteiger partial charge is 0.388 e. The summed E-state index contributed by atoms with van der Waals surface area (Å²) in [6, 6.07) is 12.4. The highest BCUT2D eigenvalue weighted by Crippen LogP contribution is 2.29. The van der Waals surface area contributed by atoms with Gasteiger partial charge in [0.15, 0.2) is 5.82 Å². The molecule has 4 aromatic rings. The summed E-state index contributed by atoms with van der Waals surface area (Å²) in [6.45, 7) is 4.20. The quantitative estimate of drug-likeness (QED) is 0.592. The van der Waals surface area contributed by atoms with Crippen molar-refractivity contribution in [1.29, 1.82) is 0 Å². The van der Waals surface area contributed by atoms with E-state index in [1.807, 2.05) is 31.7 Å². The third kappa shape index (κ3) is 2.25. The van der Waals surface area contributed by atoms with Crippen LogP contribution in [0.5, 0.6) is 0 Å². The number of para-hydroxylation sites is 1. The van der Waals surface area contributed by atoms with Gasteiger partial charge in [-0.3, -0.25) is 4.40 Å². The number of hydrogen-bond donors (Lipinski definition) is 2. The summed E-state index contributed by atoms with van der Waals surface area (Å²) in [5.41, 5.74) is 7.43. The lowest BCUT2D eigenvalue weighted by molar-refractivity contribution is 1.18. The minimum absolute atomic E-state index is 0.811. The van der Waals surface area contributed by atoms with E-state index in [9.17, 15) is 0 Å². The van der Waals surface area contributed by atoms with Gasteiger partial charge in [-0.15, -0.1) is 0 Å². The molecule has 2 N–H and O–H groups in total. The normalized spacial score (nSPS) is 11.1. The lowest BCUT2D eigenvalue weighted by atomic mass is 10.1. The monoisotopic (exact) mass is 317 g/mol. The first-order valence-corrected chi connectivity index (χ1v) is 7.94. The molecule has 0 spiro atoms. The summed E-state index contributed by atoms with van der Waals surface area (Å²) in [7, 11) is 1.91. The van der Waals surface area contributed by atoms with Gasteiger partial charge >= 0.3 is 0 Å². The van der Waals surface area contributed by atoms with Crippen molar-refractivity contribution in [3.63, 3.8) is 0 Å². The Morgan fingerprint density at radius 3 is 2.54 bits per heavy atom. The van der Waals surface area contributed by atoms with Gasteiger partial charge in [-0.05, 0) is 43.2 Å². The van der Waals surface area contributed by atoms with Gasteiger partial charge in [0.2, 0.25) is 0 Å². The second-order valence-corrected chi connectivity index (χ2v) is 5.95. The number of nitrogens with one attached hydrogen (secondary N) is 2. The molecule has 0 atom stereocenters. The number of fused-ring (bicyclic) bond motifs is 3. The first-order valence-electron chi connectivity index (χ1n) is 7.94. The fourth-order valence-corrected chi connectivity index (χ4v) is 3.03. The summed E-state index contributed by atoms with van der Waals surface area (Å²) in [6.07, 6.45) is 3.67. The average molecular weight is 317 g/mol. The van der Waals surface area contributed by atoms with E-state index in [4.69, 9.17) is 4.98 Å². The zero-order chi connectivity index (χ0) is 16.7. The van der Waals surface area contributed by atoms with Gasteiger partial charge in [0.05, 0.1) is 23.6 Å². The van der Waals surface area contributed by atoms with Crippen molar-refractivity contribution in [3.05, 3.63) is 60.0 Å². The predicted molar refractivity (Wildman–Crippen MR) is 99.2 cm³/mol. The van der Waals surface area contributed by atoms with Crippen LogP contribution in [-0.4, -0.2) is 21.4 Å². The van der Waals surface area contributed by atoms with E-state index >= 15 is 0 Å². The molecule has 4 rings (SSSR count). The fourth-order valence-electron chi connectivity index (χ4n) is 3.03. The van der Waals surface area contributed by atoms with Crippen LogP contribution >= 0.6 is 0 Å². The van der Waals surface area contributed by atoms with Crippen molar-refractivity contribution < 1.29 is 0 Å². The fraction of sp³-hybridized carbons (Fsp3) is 0.158. The highest BCUT2D eigenvalue weighted by Gasteiger charge is 2.11. The summed E-state index contributed by atoms with van der Waals surface area (Å²) in [5, 5.41) is 6.67. The van der Waals surface area contributed by atoms with Crippen LogP contribution in [0.25, 0.3) is 16.6 Å². The molecule has 0 aliphatic heterocycles. The third-order valence-corrected chi connectivity index (χ3v) is 4.36. The van der Waals surface area contributed by atoms with Crippen LogP contribution in [0.2, 0.25) is 0 Å². The molecule has 2 aromatic heterocycles. The molecule has 0 fully saturated rings. The van der Waals surface area contributed by atoms with Gasteiger partial charge < -0.3 is 10.6 Å². The molecule has 5 heteroatoms. The van der Waals surface area contributed by atoms with E-state index in [0.29, 0.717) is 0 Å². The smallest absolute Gasteiger partial charge is 0.157 e. The van der Waals surface area contributed by atoms with E-state index in [0.717, 1.165) is 33.7 Å². The van der Waals surface area contributed by atoms with Gasteiger partial charge in [0, 0.05) is 18.4 Å². The van der Waals surface area contributed by atoms with Crippen LogP contribution in [0, 0.1) is 13.8 Å². The molecule has 0 unspecified atom stereocenters. The average Bonchev–Trinajstić information content (AvgIpc) is 3.07. The van der Waals surface area contributed by atoms with E-state index in [-0.39, 0.29) is 0 Å². The molecule has 0 radical (unpaired) electrons. The first-order chi connectivity index (χ1) is 11.7. The van der Waals surface area contributed by atoms with Gasteiger partial charge in [0.25, 0.3) is 0 Å². The Hall–Kier alpha value is -3.08. The second kappa shape index (κ2) is 5.53. The minimum atomic E-state index is 0.811. The number of aromatic nitrogens is 3. The van der Waals surface area contributed by atoms with E-state index in [1.165, 1.54) is 11.1 Å². The SMILES string of the molecule is CNc1ccc2c(c1)nc(Nc1c(C)cccc1C)c1cncn12. The Balaban J connectivity index is 1.94. The van der Waals surface area contributed by atoms with Crippen LogP contribution < -0.4 is 10.6 Å². The molecule has 0 aliphatic rings. The zero-order valence-electron chi connectivity index (χ0n) is 14.0. The standard InChI is InChI=1S/C19H19N5/c1-12-5-4-6-13(2)18(12)23-19-17-10-21-11-24(17)16-8-7-14(20-3)9-15(16)22-19/h4-11,20H,1-3H3,(H,22,23). The van der Waals surface area contributed by atoms with Crippen LogP contribution in [-0.2, 0) is 0 Å². The molecule has 0 aliphatic carbocycles. The van der Waals surface area contributed by atoms with Crippen LogP contribution in [0.4, 0.5) is 17.2 Å². The van der Waals surface area contributed by atoms with Crippen LogP contribution in [0.3, 0.4) is 0 Å². The molecule has 0 saturated heterocycles. The summed E-state index contributed by atoms with van der Waals surface area (Å²) in [4.78, 5) is 9.16. The maximum atomic E-state index is 4.85. The van der Waals surface area contributed by atoms with E-state index < -0.39 is 0 Å². The molecule has 2 aromatic carbocycles. The Bertz CT molecular complexity index is 1030. The number of nitrogens with zero attached hydrogens (tertiary/aromatic N) is 3. The molecule has 120 valence electrons. The summed E-state index contributed by atoms with van der Waals surface area (Å²) in [5.74, 6) is 0.811. The molecular formula is C19H19N5. The Morgan fingerprint density at radius 2 is 1.79 bits per heavy atom.